The molecule has 0 aliphatic heterocycles. The first-order chi connectivity index (χ1) is 9.92. The number of rotatable bonds is 5. The highest BCUT2D eigenvalue weighted by atomic mass is 35.5. The van der Waals surface area contributed by atoms with Gasteiger partial charge in [-0.15, -0.1) is 0 Å². The molecule has 0 spiro atoms. The zero-order chi connectivity index (χ0) is 15.5. The van der Waals surface area contributed by atoms with E-state index < -0.39 is 9.84 Å². The molecule has 0 aliphatic carbocycles. The molecular weight excluding hydrogens is 329 g/mol. The number of halogens is 2. The molecule has 0 saturated heterocycles. The molecule has 0 bridgehead atoms. The third-order valence-electron chi connectivity index (χ3n) is 3.09. The lowest BCUT2D eigenvalue weighted by molar-refractivity contribution is 0.597. The summed E-state index contributed by atoms with van der Waals surface area (Å²) in [4.78, 5) is 0.333. The summed E-state index contributed by atoms with van der Waals surface area (Å²) in [5, 5.41) is 4.39. The van der Waals surface area contributed by atoms with E-state index in [0.29, 0.717) is 21.5 Å². The summed E-state index contributed by atoms with van der Waals surface area (Å²) >= 11 is 11.9. The summed E-state index contributed by atoms with van der Waals surface area (Å²) in [6.07, 6.45) is 0. The summed E-state index contributed by atoms with van der Waals surface area (Å²) in [5.41, 5.74) is 1.75. The first-order valence-corrected chi connectivity index (χ1v) is 8.84. The molecule has 112 valence electrons. The molecule has 2 rings (SSSR count). The van der Waals surface area contributed by atoms with Crippen molar-refractivity contribution in [3.05, 3.63) is 58.1 Å². The lowest BCUT2D eigenvalue weighted by Gasteiger charge is -2.09. The van der Waals surface area contributed by atoms with E-state index in [-0.39, 0.29) is 5.75 Å². The second kappa shape index (κ2) is 6.69. The van der Waals surface area contributed by atoms with Gasteiger partial charge in [0, 0.05) is 22.3 Å². The summed E-state index contributed by atoms with van der Waals surface area (Å²) in [5.74, 6) is 0.0974. The van der Waals surface area contributed by atoms with Crippen LogP contribution in [0.25, 0.3) is 0 Å². The Morgan fingerprint density at radius 3 is 2.29 bits per heavy atom. The summed E-state index contributed by atoms with van der Waals surface area (Å²) < 4.78 is 23.4. The van der Waals surface area contributed by atoms with Gasteiger partial charge in [0.05, 0.1) is 10.6 Å². The molecule has 0 aromatic heterocycles. The van der Waals surface area contributed by atoms with Gasteiger partial charge in [0.2, 0.25) is 0 Å². The Morgan fingerprint density at radius 2 is 1.71 bits per heavy atom. The average Bonchev–Trinajstić information content (AvgIpc) is 2.47. The maximum absolute atomic E-state index is 11.7. The molecule has 2 aromatic rings. The molecule has 2 aromatic carbocycles. The quantitative estimate of drug-likeness (QED) is 0.875. The Bertz CT molecular complexity index is 728. The maximum atomic E-state index is 11.7. The lowest BCUT2D eigenvalue weighted by Crippen LogP contribution is -2.04. The van der Waals surface area contributed by atoms with Crippen molar-refractivity contribution in [3.8, 4) is 0 Å². The number of nitrogens with one attached hydrogen (secondary N) is 1. The molecule has 0 fully saturated rings. The standard InChI is InChI=1S/C15H15Cl2NO2S/c1-2-21(19,20)14-7-5-13(6-8-14)18-10-11-3-4-12(16)9-15(11)17/h3-9,18H,2,10H2,1H3. The van der Waals surface area contributed by atoms with E-state index in [0.717, 1.165) is 11.3 Å². The van der Waals surface area contributed by atoms with E-state index in [1.807, 2.05) is 6.07 Å². The van der Waals surface area contributed by atoms with Crippen molar-refractivity contribution in [2.75, 3.05) is 11.1 Å². The van der Waals surface area contributed by atoms with Crippen molar-refractivity contribution in [2.24, 2.45) is 0 Å². The highest BCUT2D eigenvalue weighted by molar-refractivity contribution is 7.91. The molecule has 1 N–H and O–H groups in total. The molecule has 0 heterocycles. The Kier molecular flexibility index (Phi) is 5.14. The molecule has 0 saturated carbocycles. The zero-order valence-electron chi connectivity index (χ0n) is 11.4. The molecule has 0 atom stereocenters. The van der Waals surface area contributed by atoms with Crippen LogP contribution in [0, 0.1) is 0 Å². The molecule has 3 nitrogen and oxygen atoms in total. The SMILES string of the molecule is CCS(=O)(=O)c1ccc(NCc2ccc(Cl)cc2Cl)cc1. The summed E-state index contributed by atoms with van der Waals surface area (Å²) in [7, 11) is -3.16. The van der Waals surface area contributed by atoms with Crippen LogP contribution in [-0.2, 0) is 16.4 Å². The van der Waals surface area contributed by atoms with Crippen LogP contribution in [0.1, 0.15) is 12.5 Å². The first-order valence-electron chi connectivity index (χ1n) is 6.43. The largest absolute Gasteiger partial charge is 0.381 e. The van der Waals surface area contributed by atoms with Crippen LogP contribution >= 0.6 is 23.2 Å². The number of anilines is 1. The van der Waals surface area contributed by atoms with Crippen molar-refractivity contribution < 1.29 is 8.42 Å². The maximum Gasteiger partial charge on any atom is 0.178 e. The Balaban J connectivity index is 2.07. The number of benzene rings is 2. The van der Waals surface area contributed by atoms with Crippen molar-refractivity contribution in [1.82, 2.24) is 0 Å². The van der Waals surface area contributed by atoms with Crippen LogP contribution < -0.4 is 5.32 Å². The minimum Gasteiger partial charge on any atom is -0.381 e. The first kappa shape index (κ1) is 16.1. The van der Waals surface area contributed by atoms with Crippen molar-refractivity contribution in [2.45, 2.75) is 18.4 Å². The fourth-order valence-electron chi connectivity index (χ4n) is 1.81. The van der Waals surface area contributed by atoms with Crippen LogP contribution in [0.15, 0.2) is 47.4 Å². The average molecular weight is 344 g/mol. The van der Waals surface area contributed by atoms with Crippen LogP contribution in [0.3, 0.4) is 0 Å². The molecular formula is C15H15Cl2NO2S. The van der Waals surface area contributed by atoms with Crippen molar-refractivity contribution >= 4 is 38.7 Å². The van der Waals surface area contributed by atoms with Gasteiger partial charge in [-0.2, -0.15) is 0 Å². The van der Waals surface area contributed by atoms with E-state index in [2.05, 4.69) is 5.32 Å². The second-order valence-electron chi connectivity index (χ2n) is 4.52. The van der Waals surface area contributed by atoms with Gasteiger partial charge in [-0.25, -0.2) is 8.42 Å². The van der Waals surface area contributed by atoms with Gasteiger partial charge in [-0.1, -0.05) is 36.2 Å². The van der Waals surface area contributed by atoms with Gasteiger partial charge < -0.3 is 5.32 Å². The molecule has 0 amide bonds. The van der Waals surface area contributed by atoms with Gasteiger partial charge in [0.1, 0.15) is 0 Å². The van der Waals surface area contributed by atoms with Crippen molar-refractivity contribution in [1.29, 1.82) is 0 Å². The second-order valence-corrected chi connectivity index (χ2v) is 7.64. The van der Waals surface area contributed by atoms with E-state index in [4.69, 9.17) is 23.2 Å². The monoisotopic (exact) mass is 343 g/mol. The fraction of sp³-hybridized carbons (Fsp3) is 0.200. The van der Waals surface area contributed by atoms with Gasteiger partial charge in [0.25, 0.3) is 0 Å². The van der Waals surface area contributed by atoms with Gasteiger partial charge in [-0.3, -0.25) is 0 Å². The van der Waals surface area contributed by atoms with Crippen LogP contribution in [0.2, 0.25) is 10.0 Å². The smallest absolute Gasteiger partial charge is 0.178 e. The van der Waals surface area contributed by atoms with Crippen LogP contribution in [0.4, 0.5) is 5.69 Å². The third kappa shape index (κ3) is 4.13. The summed E-state index contributed by atoms with van der Waals surface area (Å²) in [6.45, 7) is 2.17. The van der Waals surface area contributed by atoms with Gasteiger partial charge in [0.15, 0.2) is 9.84 Å². The molecule has 0 unspecified atom stereocenters. The number of hydrogen-bond donors (Lipinski definition) is 1. The van der Waals surface area contributed by atoms with E-state index >= 15 is 0 Å². The zero-order valence-corrected chi connectivity index (χ0v) is 13.8. The minimum atomic E-state index is -3.16. The Labute approximate surface area is 134 Å². The van der Waals surface area contributed by atoms with Crippen LogP contribution in [-0.4, -0.2) is 14.2 Å². The Hall–Kier alpha value is -1.23. The molecule has 6 heteroatoms. The van der Waals surface area contributed by atoms with Crippen molar-refractivity contribution in [3.63, 3.8) is 0 Å². The minimum absolute atomic E-state index is 0.0974. The predicted octanol–water partition coefficient (Wildman–Crippen LogP) is 4.40. The van der Waals surface area contributed by atoms with Gasteiger partial charge >= 0.3 is 0 Å². The third-order valence-corrected chi connectivity index (χ3v) is 5.43. The highest BCUT2D eigenvalue weighted by Gasteiger charge is 2.10. The van der Waals surface area contributed by atoms with E-state index in [9.17, 15) is 8.42 Å². The normalized spacial score (nSPS) is 11.4. The van der Waals surface area contributed by atoms with E-state index in [1.165, 1.54) is 0 Å². The van der Waals surface area contributed by atoms with Gasteiger partial charge in [-0.05, 0) is 42.0 Å². The van der Waals surface area contributed by atoms with E-state index in [1.54, 1.807) is 43.3 Å². The molecule has 0 aliphatic rings. The predicted molar refractivity (Wildman–Crippen MR) is 88.0 cm³/mol. The fourth-order valence-corrected chi connectivity index (χ4v) is 3.17. The molecule has 21 heavy (non-hydrogen) atoms. The summed E-state index contributed by atoms with van der Waals surface area (Å²) in [6, 6.07) is 12.0. The number of sulfone groups is 1. The Morgan fingerprint density at radius 1 is 1.05 bits per heavy atom. The number of hydrogen-bond acceptors (Lipinski definition) is 3. The van der Waals surface area contributed by atoms with Crippen LogP contribution in [0.5, 0.6) is 0 Å². The highest BCUT2D eigenvalue weighted by Crippen LogP contribution is 2.22. The lowest BCUT2D eigenvalue weighted by atomic mass is 10.2. The molecule has 0 radical (unpaired) electrons. The topological polar surface area (TPSA) is 46.2 Å².